The fourth-order valence-electron chi connectivity index (χ4n) is 1.74. The Labute approximate surface area is 186 Å². The van der Waals surface area contributed by atoms with Crippen LogP contribution in [-0.4, -0.2) is 6.54 Å². The molecule has 2 rings (SSSR count). The first-order valence-corrected chi connectivity index (χ1v) is 9.28. The van der Waals surface area contributed by atoms with Crippen LogP contribution in [0.3, 0.4) is 0 Å². The maximum atomic E-state index is 3.16. The average Bonchev–Trinajstić information content (AvgIpc) is 2.55. The van der Waals surface area contributed by atoms with E-state index in [0.29, 0.717) is 0 Å². The van der Waals surface area contributed by atoms with E-state index in [1.807, 2.05) is 27.7 Å². The number of hydrogen-bond acceptors (Lipinski definition) is 1. The van der Waals surface area contributed by atoms with Gasteiger partial charge in [-0.1, -0.05) is 93.4 Å². The van der Waals surface area contributed by atoms with Gasteiger partial charge in [0.25, 0.3) is 0 Å². The molecule has 0 spiro atoms. The van der Waals surface area contributed by atoms with Crippen LogP contribution in [0.1, 0.15) is 106 Å². The van der Waals surface area contributed by atoms with E-state index in [-0.39, 0.29) is 58.2 Å². The summed E-state index contributed by atoms with van der Waals surface area (Å²) in [6, 6.07) is 0. The second kappa shape index (κ2) is 33.4. The topological polar surface area (TPSA) is 12.0 Å². The smallest absolute Gasteiger partial charge is 0.470 e. The molecular formula is C19H44NRb. The average molecular weight is 372 g/mol. The van der Waals surface area contributed by atoms with Crippen molar-refractivity contribution < 1.29 is 58.2 Å². The summed E-state index contributed by atoms with van der Waals surface area (Å²) in [5, 5.41) is 3.16. The van der Waals surface area contributed by atoms with Gasteiger partial charge in [-0.2, -0.15) is 6.42 Å². The van der Waals surface area contributed by atoms with Crippen molar-refractivity contribution in [3.8, 4) is 0 Å². The molecule has 21 heavy (non-hydrogen) atoms. The summed E-state index contributed by atoms with van der Waals surface area (Å²) in [4.78, 5) is 0. The maximum Gasteiger partial charge on any atom is 1.00 e. The predicted molar refractivity (Wildman–Crippen MR) is 97.1 cm³/mol. The fraction of sp³-hybridized carbons (Fsp3) is 0.947. The van der Waals surface area contributed by atoms with Crippen molar-refractivity contribution in [1.82, 2.24) is 5.32 Å². The minimum Gasteiger partial charge on any atom is -0.470 e. The van der Waals surface area contributed by atoms with E-state index >= 15 is 0 Å². The molecule has 1 aliphatic heterocycles. The largest absolute Gasteiger partial charge is 1.00 e. The third kappa shape index (κ3) is 44.9. The third-order valence-corrected chi connectivity index (χ3v) is 2.56. The Kier molecular flexibility index (Phi) is 48.7. The third-order valence-electron chi connectivity index (χ3n) is 2.56. The summed E-state index contributed by atoms with van der Waals surface area (Å²) < 4.78 is 0. The summed E-state index contributed by atoms with van der Waals surface area (Å²) in [6.45, 7) is 17.8. The number of piperidine rings is 1. The van der Waals surface area contributed by atoms with Crippen molar-refractivity contribution in [1.29, 1.82) is 0 Å². The van der Waals surface area contributed by atoms with Crippen molar-refractivity contribution in [2.24, 2.45) is 5.92 Å². The molecule has 1 N–H and O–H groups in total. The number of hydrogen-bond donors (Lipinski definition) is 1. The van der Waals surface area contributed by atoms with Crippen molar-refractivity contribution in [2.75, 3.05) is 6.54 Å². The van der Waals surface area contributed by atoms with Crippen molar-refractivity contribution in [2.45, 2.75) is 106 Å². The summed E-state index contributed by atoms with van der Waals surface area (Å²) in [5.74, 6) is 0.833. The first-order chi connectivity index (χ1) is 9.73. The SMILES string of the molecule is C1CCCCC1.CC.CC.CC(C)C.[CH-]1CCCCN1.[Rb+]. The molecule has 0 radical (unpaired) electrons. The molecule has 0 amide bonds. The summed E-state index contributed by atoms with van der Waals surface area (Å²) in [5.41, 5.74) is 0. The molecule has 0 bridgehead atoms. The molecule has 1 heterocycles. The molecule has 0 aromatic rings. The van der Waals surface area contributed by atoms with E-state index in [0.717, 1.165) is 5.92 Å². The predicted octanol–water partition coefficient (Wildman–Crippen LogP) is 3.98. The normalized spacial score (nSPS) is 16.0. The molecular weight excluding hydrogens is 328 g/mol. The Balaban J connectivity index is -0.0000000919. The minimum atomic E-state index is 0. The van der Waals surface area contributed by atoms with Crippen molar-refractivity contribution >= 4 is 0 Å². The monoisotopic (exact) mass is 371 g/mol. The van der Waals surface area contributed by atoms with E-state index in [2.05, 4.69) is 32.6 Å². The first-order valence-electron chi connectivity index (χ1n) is 9.28. The zero-order valence-corrected chi connectivity index (χ0v) is 21.6. The fourth-order valence-corrected chi connectivity index (χ4v) is 1.74. The molecule has 0 aromatic carbocycles. The molecule has 1 saturated heterocycles. The first kappa shape index (κ1) is 30.6. The Hall–Kier alpha value is 1.77. The van der Waals surface area contributed by atoms with Crippen molar-refractivity contribution in [3.05, 3.63) is 6.54 Å². The molecule has 0 atom stereocenters. The molecule has 1 aliphatic carbocycles. The zero-order chi connectivity index (χ0) is 16.1. The molecule has 0 aromatic heterocycles. The summed E-state index contributed by atoms with van der Waals surface area (Å²) in [6.07, 6.45) is 13.0. The van der Waals surface area contributed by atoms with E-state index in [1.54, 1.807) is 0 Å². The van der Waals surface area contributed by atoms with E-state index < -0.39 is 0 Å². The standard InChI is InChI=1S/C6H12.C5H10N.C4H10.2C2H6.Rb/c2*1-2-4-6-5-3-1;1-4(2)3;2*1-2;/h1-6H2;4,6H,1-3,5H2;4H,1-3H3;2*1-2H3;/q;-1;;;;+1. The van der Waals surface area contributed by atoms with Crippen LogP contribution in [0.5, 0.6) is 0 Å². The van der Waals surface area contributed by atoms with E-state index in [1.165, 1.54) is 64.3 Å². The Morgan fingerprint density at radius 2 is 1.00 bits per heavy atom. The van der Waals surface area contributed by atoms with Crippen LogP contribution < -0.4 is 63.5 Å². The molecule has 2 heteroatoms. The van der Waals surface area contributed by atoms with Crippen LogP contribution in [0, 0.1) is 12.5 Å². The van der Waals surface area contributed by atoms with E-state index in [9.17, 15) is 0 Å². The van der Waals surface area contributed by atoms with Gasteiger partial charge in [0.05, 0.1) is 0 Å². The number of nitrogens with one attached hydrogen (secondary N) is 1. The van der Waals surface area contributed by atoms with Gasteiger partial charge in [-0.3, -0.25) is 6.54 Å². The quantitative estimate of drug-likeness (QED) is 0.635. The van der Waals surface area contributed by atoms with Gasteiger partial charge in [0.15, 0.2) is 0 Å². The van der Waals surface area contributed by atoms with Crippen LogP contribution in [0.25, 0.3) is 0 Å². The molecule has 0 unspecified atom stereocenters. The second-order valence-corrected chi connectivity index (χ2v) is 5.51. The van der Waals surface area contributed by atoms with Gasteiger partial charge in [-0.25, -0.2) is 0 Å². The summed E-state index contributed by atoms with van der Waals surface area (Å²) in [7, 11) is 0. The zero-order valence-electron chi connectivity index (χ0n) is 16.7. The van der Waals surface area contributed by atoms with Crippen LogP contribution in [0.15, 0.2) is 0 Å². The molecule has 2 aliphatic rings. The van der Waals surface area contributed by atoms with Crippen LogP contribution in [0.4, 0.5) is 0 Å². The second-order valence-electron chi connectivity index (χ2n) is 5.51. The Morgan fingerprint density at radius 1 is 0.667 bits per heavy atom. The van der Waals surface area contributed by atoms with Crippen LogP contribution in [0.2, 0.25) is 0 Å². The number of rotatable bonds is 0. The molecule has 2 fully saturated rings. The van der Waals surface area contributed by atoms with Crippen LogP contribution in [-0.2, 0) is 0 Å². The Bertz CT molecular complexity index is 81.0. The van der Waals surface area contributed by atoms with Crippen molar-refractivity contribution in [3.63, 3.8) is 0 Å². The molecule has 1 nitrogen and oxygen atoms in total. The summed E-state index contributed by atoms with van der Waals surface area (Å²) >= 11 is 0. The maximum absolute atomic E-state index is 3.16. The van der Waals surface area contributed by atoms with Crippen LogP contribution >= 0.6 is 0 Å². The van der Waals surface area contributed by atoms with Gasteiger partial charge in [-0.15, -0.1) is 0 Å². The van der Waals surface area contributed by atoms with Gasteiger partial charge in [0.2, 0.25) is 0 Å². The minimum absolute atomic E-state index is 0. The van der Waals surface area contributed by atoms with Gasteiger partial charge in [-0.05, 0) is 18.9 Å². The van der Waals surface area contributed by atoms with E-state index in [4.69, 9.17) is 0 Å². The van der Waals surface area contributed by atoms with Gasteiger partial charge < -0.3 is 5.32 Å². The van der Waals surface area contributed by atoms with Gasteiger partial charge >= 0.3 is 58.2 Å². The molecule has 126 valence electrons. The van der Waals surface area contributed by atoms with Gasteiger partial charge in [0.1, 0.15) is 0 Å². The Morgan fingerprint density at radius 3 is 1.10 bits per heavy atom. The van der Waals surface area contributed by atoms with Gasteiger partial charge in [0, 0.05) is 0 Å². The molecule has 1 saturated carbocycles.